The van der Waals surface area contributed by atoms with Crippen LogP contribution in [0.1, 0.15) is 29.6 Å². The van der Waals surface area contributed by atoms with Crippen LogP contribution in [0.3, 0.4) is 0 Å². The fourth-order valence-corrected chi connectivity index (χ4v) is 4.77. The Morgan fingerprint density at radius 1 is 1.21 bits per heavy atom. The smallest absolute Gasteiger partial charge is 0.255 e. The van der Waals surface area contributed by atoms with Crippen LogP contribution in [-0.4, -0.2) is 42.9 Å². The highest BCUT2D eigenvalue weighted by atomic mass is 35.5. The van der Waals surface area contributed by atoms with Gasteiger partial charge in [-0.05, 0) is 55.7 Å². The number of aliphatic hydroxyl groups is 1. The molecule has 2 aromatic carbocycles. The molecule has 1 fully saturated rings. The Balaban J connectivity index is 1.82. The Morgan fingerprint density at radius 3 is 2.75 bits per heavy atom. The monoisotopic (exact) mass is 426 g/mol. The molecule has 28 heavy (non-hydrogen) atoms. The highest BCUT2D eigenvalue weighted by molar-refractivity contribution is 7.89. The highest BCUT2D eigenvalue weighted by Gasteiger charge is 2.28. The lowest BCUT2D eigenvalue weighted by Gasteiger charge is -2.22. The summed E-state index contributed by atoms with van der Waals surface area (Å²) in [5, 5.41) is 12.3. The number of halogens is 2. The van der Waals surface area contributed by atoms with Crippen molar-refractivity contribution < 1.29 is 22.7 Å². The van der Waals surface area contributed by atoms with Gasteiger partial charge in [0.15, 0.2) is 0 Å². The van der Waals surface area contributed by atoms with E-state index >= 15 is 0 Å². The molecular formula is C19H20ClFN2O4S. The van der Waals surface area contributed by atoms with Gasteiger partial charge in [0.25, 0.3) is 5.91 Å². The number of anilines is 1. The largest absolute Gasteiger partial charge is 0.392 e. The summed E-state index contributed by atoms with van der Waals surface area (Å²) < 4.78 is 40.3. The molecule has 1 aliphatic heterocycles. The summed E-state index contributed by atoms with van der Waals surface area (Å²) in [6, 6.07) is 9.42. The molecule has 6 nitrogen and oxygen atoms in total. The van der Waals surface area contributed by atoms with Crippen molar-refractivity contribution in [1.82, 2.24) is 4.31 Å². The quantitative estimate of drug-likeness (QED) is 0.785. The molecule has 2 N–H and O–H groups in total. The van der Waals surface area contributed by atoms with E-state index < -0.39 is 27.9 Å². The molecule has 1 atom stereocenters. The molecule has 3 rings (SSSR count). The zero-order valence-corrected chi connectivity index (χ0v) is 16.5. The standard InChI is InChI=1S/C19H20ClFN2O4S/c20-17-11-14(7-8-18(17)21)22-19(25)13-4-3-6-16(10-13)28(26,27)23-9-2-1-5-15(24)12-23/h3-4,6-8,10-11,15,24H,1-2,5,9,12H2,(H,22,25). The lowest BCUT2D eigenvalue weighted by Crippen LogP contribution is -2.36. The van der Waals surface area contributed by atoms with Crippen LogP contribution in [0.15, 0.2) is 47.4 Å². The maximum atomic E-state index is 13.2. The van der Waals surface area contributed by atoms with Crippen LogP contribution >= 0.6 is 11.6 Å². The molecule has 150 valence electrons. The Hall–Kier alpha value is -2.00. The molecule has 0 saturated carbocycles. The van der Waals surface area contributed by atoms with E-state index in [1.165, 1.54) is 40.7 Å². The van der Waals surface area contributed by atoms with Gasteiger partial charge in [0, 0.05) is 24.3 Å². The third-order valence-electron chi connectivity index (χ3n) is 4.52. The Labute approximate surface area is 168 Å². The number of hydrogen-bond acceptors (Lipinski definition) is 4. The van der Waals surface area contributed by atoms with Crippen LogP contribution < -0.4 is 5.32 Å². The van der Waals surface area contributed by atoms with Crippen molar-refractivity contribution in [3.8, 4) is 0 Å². The third-order valence-corrected chi connectivity index (χ3v) is 6.67. The van der Waals surface area contributed by atoms with Crippen LogP contribution in [0.4, 0.5) is 10.1 Å². The third kappa shape index (κ3) is 4.70. The number of benzene rings is 2. The van der Waals surface area contributed by atoms with Gasteiger partial charge in [0.1, 0.15) is 5.82 Å². The molecule has 1 heterocycles. The average molecular weight is 427 g/mol. The second kappa shape index (κ2) is 8.57. The zero-order valence-electron chi connectivity index (χ0n) is 14.9. The summed E-state index contributed by atoms with van der Waals surface area (Å²) in [6.45, 7) is 0.358. The lowest BCUT2D eigenvalue weighted by molar-refractivity contribution is 0.102. The molecule has 0 radical (unpaired) electrons. The topological polar surface area (TPSA) is 86.7 Å². The van der Waals surface area contributed by atoms with E-state index in [9.17, 15) is 22.7 Å². The summed E-state index contributed by atoms with van der Waals surface area (Å²) in [5.41, 5.74) is 0.428. The Kier molecular flexibility index (Phi) is 6.34. The minimum absolute atomic E-state index is 0.0219. The van der Waals surface area contributed by atoms with Crippen LogP contribution in [-0.2, 0) is 10.0 Å². The van der Waals surface area contributed by atoms with Crippen molar-refractivity contribution in [2.45, 2.75) is 30.3 Å². The normalized spacial score (nSPS) is 18.5. The first kappa shape index (κ1) is 20.7. The lowest BCUT2D eigenvalue weighted by atomic mass is 10.2. The van der Waals surface area contributed by atoms with E-state index in [1.54, 1.807) is 0 Å². The molecule has 1 saturated heterocycles. The second-order valence-electron chi connectivity index (χ2n) is 6.62. The van der Waals surface area contributed by atoms with Gasteiger partial charge in [-0.2, -0.15) is 4.31 Å². The van der Waals surface area contributed by atoms with Gasteiger partial charge in [-0.3, -0.25) is 4.79 Å². The van der Waals surface area contributed by atoms with Crippen molar-refractivity contribution in [3.63, 3.8) is 0 Å². The molecule has 1 amide bonds. The van der Waals surface area contributed by atoms with Crippen LogP contribution in [0, 0.1) is 5.82 Å². The van der Waals surface area contributed by atoms with Gasteiger partial charge in [-0.1, -0.05) is 17.7 Å². The maximum Gasteiger partial charge on any atom is 0.255 e. The number of β-amino-alcohol motifs (C(OH)–C–C–N with tert-alkyl or cyclic N) is 1. The van der Waals surface area contributed by atoms with E-state index in [0.717, 1.165) is 12.5 Å². The number of nitrogens with one attached hydrogen (secondary N) is 1. The highest BCUT2D eigenvalue weighted by Crippen LogP contribution is 2.23. The maximum absolute atomic E-state index is 13.2. The molecule has 0 spiro atoms. The number of rotatable bonds is 4. The summed E-state index contributed by atoms with van der Waals surface area (Å²) in [6.07, 6.45) is 1.29. The molecule has 0 bridgehead atoms. The Morgan fingerprint density at radius 2 is 2.00 bits per heavy atom. The first-order valence-electron chi connectivity index (χ1n) is 8.82. The fraction of sp³-hybridized carbons (Fsp3) is 0.316. The first-order chi connectivity index (χ1) is 13.3. The predicted molar refractivity (Wildman–Crippen MR) is 104 cm³/mol. The summed E-state index contributed by atoms with van der Waals surface area (Å²) in [7, 11) is -3.84. The van der Waals surface area contributed by atoms with Gasteiger partial charge in [-0.15, -0.1) is 0 Å². The minimum Gasteiger partial charge on any atom is -0.392 e. The zero-order chi connectivity index (χ0) is 20.3. The molecule has 2 aromatic rings. The van der Waals surface area contributed by atoms with E-state index in [4.69, 9.17) is 11.6 Å². The van der Waals surface area contributed by atoms with Crippen molar-refractivity contribution in [3.05, 3.63) is 58.9 Å². The number of sulfonamides is 1. The van der Waals surface area contributed by atoms with Gasteiger partial charge in [0.2, 0.25) is 10.0 Å². The van der Waals surface area contributed by atoms with Crippen LogP contribution in [0.25, 0.3) is 0 Å². The second-order valence-corrected chi connectivity index (χ2v) is 8.97. The summed E-state index contributed by atoms with van der Waals surface area (Å²) in [5.74, 6) is -1.15. The van der Waals surface area contributed by atoms with Crippen molar-refractivity contribution in [2.75, 3.05) is 18.4 Å². The molecule has 1 aliphatic rings. The molecule has 0 aromatic heterocycles. The number of hydrogen-bond donors (Lipinski definition) is 2. The molecule has 9 heteroatoms. The van der Waals surface area contributed by atoms with Gasteiger partial charge in [0.05, 0.1) is 16.0 Å². The van der Waals surface area contributed by atoms with E-state index in [2.05, 4.69) is 5.32 Å². The van der Waals surface area contributed by atoms with Crippen molar-refractivity contribution in [1.29, 1.82) is 0 Å². The molecular weight excluding hydrogens is 407 g/mol. The minimum atomic E-state index is -3.84. The van der Waals surface area contributed by atoms with Crippen molar-refractivity contribution >= 4 is 33.2 Å². The van der Waals surface area contributed by atoms with Gasteiger partial charge in [-0.25, -0.2) is 12.8 Å². The van der Waals surface area contributed by atoms with Crippen LogP contribution in [0.5, 0.6) is 0 Å². The summed E-state index contributed by atoms with van der Waals surface area (Å²) >= 11 is 5.71. The number of aliphatic hydroxyl groups excluding tert-OH is 1. The predicted octanol–water partition coefficient (Wildman–Crippen LogP) is 3.27. The van der Waals surface area contributed by atoms with Gasteiger partial charge >= 0.3 is 0 Å². The SMILES string of the molecule is O=C(Nc1ccc(F)c(Cl)c1)c1cccc(S(=O)(=O)N2CCCCC(O)C2)c1. The van der Waals surface area contributed by atoms with E-state index in [1.807, 2.05) is 0 Å². The van der Waals surface area contributed by atoms with Crippen LogP contribution in [0.2, 0.25) is 5.02 Å². The number of nitrogens with zero attached hydrogens (tertiary/aromatic N) is 1. The molecule has 1 unspecified atom stereocenters. The molecule has 0 aliphatic carbocycles. The summed E-state index contributed by atoms with van der Waals surface area (Å²) in [4.78, 5) is 12.5. The van der Waals surface area contributed by atoms with Gasteiger partial charge < -0.3 is 10.4 Å². The van der Waals surface area contributed by atoms with E-state index in [-0.39, 0.29) is 22.0 Å². The Bertz CT molecular complexity index is 984. The van der Waals surface area contributed by atoms with Crippen molar-refractivity contribution in [2.24, 2.45) is 0 Å². The number of carbonyl (C=O) groups excluding carboxylic acids is 1. The first-order valence-corrected chi connectivity index (χ1v) is 10.6. The van der Waals surface area contributed by atoms with E-state index in [0.29, 0.717) is 25.1 Å². The fourth-order valence-electron chi connectivity index (χ4n) is 3.03. The number of carbonyl (C=O) groups is 1. The average Bonchev–Trinajstić information content (AvgIpc) is 2.90. The number of amides is 1.